The van der Waals surface area contributed by atoms with Crippen LogP contribution in [-0.4, -0.2) is 35.5 Å². The molecule has 0 aromatic heterocycles. The van der Waals surface area contributed by atoms with E-state index in [2.05, 4.69) is 38.3 Å². The van der Waals surface area contributed by atoms with Gasteiger partial charge < -0.3 is 15.5 Å². The molecule has 2 saturated heterocycles. The molecule has 2 amide bonds. The predicted octanol–water partition coefficient (Wildman–Crippen LogP) is 3.12. The third kappa shape index (κ3) is 4.38. The van der Waals surface area contributed by atoms with E-state index in [4.69, 9.17) is 11.6 Å². The summed E-state index contributed by atoms with van der Waals surface area (Å²) in [5, 5.41) is 7.45. The Labute approximate surface area is 160 Å². The molecule has 1 unspecified atom stereocenters. The van der Waals surface area contributed by atoms with E-state index < -0.39 is 0 Å². The Morgan fingerprint density at radius 1 is 1.15 bits per heavy atom. The van der Waals surface area contributed by atoms with Crippen molar-refractivity contribution in [1.29, 1.82) is 0 Å². The molecule has 2 aliphatic heterocycles. The van der Waals surface area contributed by atoms with Gasteiger partial charge in [-0.3, -0.25) is 9.59 Å². The Morgan fingerprint density at radius 2 is 1.73 bits per heavy atom. The monoisotopic (exact) mass is 377 g/mol. The maximum Gasteiger partial charge on any atom is 0.227 e. The molecule has 1 atom stereocenters. The van der Waals surface area contributed by atoms with Crippen LogP contribution < -0.4 is 15.5 Å². The summed E-state index contributed by atoms with van der Waals surface area (Å²) in [5.74, 6) is -0.342. The van der Waals surface area contributed by atoms with Gasteiger partial charge in [0.2, 0.25) is 11.8 Å². The second-order valence-corrected chi connectivity index (χ2v) is 9.32. The number of hydrogen-bond donors (Lipinski definition) is 2. The summed E-state index contributed by atoms with van der Waals surface area (Å²) in [6.45, 7) is 9.07. The number of hydrogen-bond acceptors (Lipinski definition) is 3. The molecule has 1 aromatic carbocycles. The van der Waals surface area contributed by atoms with E-state index in [0.29, 0.717) is 11.6 Å². The molecule has 5 nitrogen and oxygen atoms in total. The fourth-order valence-corrected chi connectivity index (χ4v) is 4.62. The minimum Gasteiger partial charge on any atom is -0.353 e. The molecule has 0 spiro atoms. The van der Waals surface area contributed by atoms with Crippen molar-refractivity contribution in [2.24, 2.45) is 5.92 Å². The lowest BCUT2D eigenvalue weighted by Crippen LogP contribution is -2.62. The highest BCUT2D eigenvalue weighted by atomic mass is 35.5. The zero-order valence-corrected chi connectivity index (χ0v) is 16.7. The number of piperidine rings is 1. The molecule has 26 heavy (non-hydrogen) atoms. The number of nitrogens with one attached hydrogen (secondary N) is 2. The van der Waals surface area contributed by atoms with Crippen molar-refractivity contribution in [1.82, 2.24) is 10.6 Å². The summed E-state index contributed by atoms with van der Waals surface area (Å²) in [4.78, 5) is 26.8. The van der Waals surface area contributed by atoms with Crippen LogP contribution in [0.2, 0.25) is 5.02 Å². The maximum atomic E-state index is 12.8. The first kappa shape index (κ1) is 19.2. The topological polar surface area (TPSA) is 61.4 Å². The number of amides is 2. The highest BCUT2D eigenvalue weighted by Crippen LogP contribution is 2.30. The lowest BCUT2D eigenvalue weighted by Gasteiger charge is -2.46. The minimum absolute atomic E-state index is 0.0153. The number of halogens is 1. The number of nitrogens with zero attached hydrogens (tertiary/aromatic N) is 1. The highest BCUT2D eigenvalue weighted by Gasteiger charge is 2.40. The summed E-state index contributed by atoms with van der Waals surface area (Å²) < 4.78 is 0. The Balaban J connectivity index is 1.64. The van der Waals surface area contributed by atoms with Crippen LogP contribution in [-0.2, 0) is 9.59 Å². The van der Waals surface area contributed by atoms with Gasteiger partial charge in [0.05, 0.1) is 5.92 Å². The van der Waals surface area contributed by atoms with Crippen LogP contribution in [0.25, 0.3) is 0 Å². The largest absolute Gasteiger partial charge is 0.353 e. The predicted molar refractivity (Wildman–Crippen MR) is 104 cm³/mol. The van der Waals surface area contributed by atoms with Gasteiger partial charge in [-0.2, -0.15) is 0 Å². The first-order chi connectivity index (χ1) is 12.0. The van der Waals surface area contributed by atoms with E-state index in [1.807, 2.05) is 12.1 Å². The lowest BCUT2D eigenvalue weighted by molar-refractivity contribution is -0.127. The zero-order valence-electron chi connectivity index (χ0n) is 15.9. The highest BCUT2D eigenvalue weighted by molar-refractivity contribution is 6.30. The number of rotatable bonds is 3. The third-order valence-electron chi connectivity index (χ3n) is 5.17. The van der Waals surface area contributed by atoms with E-state index in [1.165, 1.54) is 0 Å². The van der Waals surface area contributed by atoms with Gasteiger partial charge in [-0.05, 0) is 64.8 Å². The first-order valence-electron chi connectivity index (χ1n) is 9.20. The van der Waals surface area contributed by atoms with Gasteiger partial charge in [-0.25, -0.2) is 0 Å². The molecular formula is C20H28ClN3O2. The minimum atomic E-state index is -0.306. The molecule has 0 saturated carbocycles. The molecular weight excluding hydrogens is 350 g/mol. The zero-order chi connectivity index (χ0) is 19.1. The molecule has 3 rings (SSSR count). The van der Waals surface area contributed by atoms with Gasteiger partial charge in [-0.15, -0.1) is 0 Å². The third-order valence-corrected chi connectivity index (χ3v) is 5.42. The average molecular weight is 378 g/mol. The molecule has 2 aliphatic rings. The van der Waals surface area contributed by atoms with Crippen molar-refractivity contribution in [2.45, 2.75) is 64.1 Å². The molecule has 0 radical (unpaired) electrons. The summed E-state index contributed by atoms with van der Waals surface area (Å²) >= 11 is 5.92. The van der Waals surface area contributed by atoms with Crippen LogP contribution >= 0.6 is 11.6 Å². The molecule has 6 heteroatoms. The average Bonchev–Trinajstić information content (AvgIpc) is 2.87. The second kappa shape index (κ2) is 6.86. The molecule has 0 aliphatic carbocycles. The van der Waals surface area contributed by atoms with Gasteiger partial charge in [0.1, 0.15) is 0 Å². The van der Waals surface area contributed by atoms with Crippen molar-refractivity contribution in [3.8, 4) is 0 Å². The van der Waals surface area contributed by atoms with E-state index in [1.54, 1.807) is 17.0 Å². The SMILES string of the molecule is CC1(C)CC(NC(=O)C2CC(=O)N(c3ccc(Cl)cc3)C2)CC(C)(C)N1. The van der Waals surface area contributed by atoms with Crippen LogP contribution in [0.3, 0.4) is 0 Å². The van der Waals surface area contributed by atoms with Gasteiger partial charge in [0.15, 0.2) is 0 Å². The Morgan fingerprint density at radius 3 is 2.31 bits per heavy atom. The van der Waals surface area contributed by atoms with E-state index in [0.717, 1.165) is 18.5 Å². The summed E-state index contributed by atoms with van der Waals surface area (Å²) in [6.07, 6.45) is 2.01. The van der Waals surface area contributed by atoms with Crippen LogP contribution in [0.5, 0.6) is 0 Å². The Kier molecular flexibility index (Phi) is 5.06. The van der Waals surface area contributed by atoms with Gasteiger partial charge in [0, 0.05) is 40.8 Å². The Hall–Kier alpha value is -1.59. The fraction of sp³-hybridized carbons (Fsp3) is 0.600. The molecule has 142 valence electrons. The molecule has 2 fully saturated rings. The van der Waals surface area contributed by atoms with Crippen molar-refractivity contribution < 1.29 is 9.59 Å². The van der Waals surface area contributed by atoms with E-state index in [9.17, 15) is 9.59 Å². The number of benzene rings is 1. The second-order valence-electron chi connectivity index (χ2n) is 8.89. The molecule has 1 aromatic rings. The van der Waals surface area contributed by atoms with Crippen molar-refractivity contribution in [3.05, 3.63) is 29.3 Å². The Bertz CT molecular complexity index is 684. The molecule has 2 heterocycles. The van der Waals surface area contributed by atoms with Gasteiger partial charge in [0.25, 0.3) is 0 Å². The maximum absolute atomic E-state index is 12.8. The van der Waals surface area contributed by atoms with Crippen molar-refractivity contribution in [2.75, 3.05) is 11.4 Å². The molecule has 2 N–H and O–H groups in total. The van der Waals surface area contributed by atoms with Crippen LogP contribution in [0.1, 0.15) is 47.0 Å². The van der Waals surface area contributed by atoms with Gasteiger partial charge >= 0.3 is 0 Å². The molecule has 0 bridgehead atoms. The quantitative estimate of drug-likeness (QED) is 0.850. The van der Waals surface area contributed by atoms with E-state index >= 15 is 0 Å². The van der Waals surface area contributed by atoms with Crippen LogP contribution in [0.15, 0.2) is 24.3 Å². The van der Waals surface area contributed by atoms with Crippen LogP contribution in [0.4, 0.5) is 5.69 Å². The summed E-state index contributed by atoms with van der Waals surface area (Å²) in [6, 6.07) is 7.28. The van der Waals surface area contributed by atoms with Crippen molar-refractivity contribution >= 4 is 29.1 Å². The smallest absolute Gasteiger partial charge is 0.227 e. The van der Waals surface area contributed by atoms with Crippen LogP contribution in [0, 0.1) is 5.92 Å². The standard InChI is InChI=1S/C20H28ClN3O2/c1-19(2)10-15(11-20(3,4)23-19)22-18(26)13-9-17(25)24(12-13)16-7-5-14(21)6-8-16/h5-8,13,15,23H,9-12H2,1-4H3,(H,22,26). The number of carbonyl (C=O) groups is 2. The number of carbonyl (C=O) groups excluding carboxylic acids is 2. The normalized spacial score (nSPS) is 25.3. The number of anilines is 1. The summed E-state index contributed by atoms with van der Waals surface area (Å²) in [7, 11) is 0. The lowest BCUT2D eigenvalue weighted by atomic mass is 9.79. The van der Waals surface area contributed by atoms with Gasteiger partial charge in [-0.1, -0.05) is 11.6 Å². The van der Waals surface area contributed by atoms with E-state index in [-0.39, 0.29) is 41.3 Å². The fourth-order valence-electron chi connectivity index (χ4n) is 4.50. The summed E-state index contributed by atoms with van der Waals surface area (Å²) in [5.41, 5.74) is 0.736. The first-order valence-corrected chi connectivity index (χ1v) is 9.58. The van der Waals surface area contributed by atoms with Crippen molar-refractivity contribution in [3.63, 3.8) is 0 Å².